The number of β-amino-alcohol motifs (C(OH)–C–C–N with tert-alkyl or cyclic N) is 1. The van der Waals surface area contributed by atoms with Gasteiger partial charge in [0.2, 0.25) is 0 Å². The van der Waals surface area contributed by atoms with Crippen LogP contribution in [0.5, 0.6) is 0 Å². The number of fused-ring (bicyclic) bond motifs is 1. The Morgan fingerprint density at radius 2 is 1.89 bits per heavy atom. The quantitative estimate of drug-likeness (QED) is 0.881. The number of aryl methyl sites for hydroxylation is 1. The minimum absolute atomic E-state index is 0.544. The molecule has 100 valence electrons. The van der Waals surface area contributed by atoms with E-state index in [0.29, 0.717) is 0 Å². The minimum atomic E-state index is -0.544. The highest BCUT2D eigenvalue weighted by atomic mass is 16.3. The maximum absolute atomic E-state index is 10.6. The summed E-state index contributed by atoms with van der Waals surface area (Å²) in [5, 5.41) is 10.6. The van der Waals surface area contributed by atoms with Gasteiger partial charge in [0.1, 0.15) is 0 Å². The van der Waals surface area contributed by atoms with Crippen LogP contribution in [0, 0.1) is 0 Å². The third kappa shape index (κ3) is 2.86. The van der Waals surface area contributed by atoms with Gasteiger partial charge in [0.15, 0.2) is 0 Å². The number of nitrogens with zero attached hydrogens (tertiary/aromatic N) is 1. The molecule has 0 aliphatic carbocycles. The van der Waals surface area contributed by atoms with Crippen molar-refractivity contribution >= 4 is 5.69 Å². The molecule has 0 unspecified atom stereocenters. The van der Waals surface area contributed by atoms with E-state index < -0.39 is 5.60 Å². The average Bonchev–Trinajstić information content (AvgIpc) is 2.61. The summed E-state index contributed by atoms with van der Waals surface area (Å²) in [6, 6.07) is 8.65. The Balaban J connectivity index is 2.23. The van der Waals surface area contributed by atoms with E-state index in [0.717, 1.165) is 25.9 Å². The summed E-state index contributed by atoms with van der Waals surface area (Å²) in [5.41, 5.74) is 2.22. The van der Waals surface area contributed by atoms with Crippen molar-refractivity contribution in [2.75, 3.05) is 18.0 Å². The summed E-state index contributed by atoms with van der Waals surface area (Å²) in [6.07, 6.45) is 5.29. The fourth-order valence-electron chi connectivity index (χ4n) is 2.76. The second-order valence-corrected chi connectivity index (χ2v) is 5.44. The van der Waals surface area contributed by atoms with Crippen LogP contribution in [0.15, 0.2) is 24.3 Å². The number of para-hydroxylation sites is 1. The van der Waals surface area contributed by atoms with Crippen LogP contribution in [0.4, 0.5) is 5.69 Å². The maximum atomic E-state index is 10.6. The molecule has 1 aliphatic heterocycles. The molecule has 0 spiro atoms. The molecule has 0 aromatic heterocycles. The van der Waals surface area contributed by atoms with E-state index in [4.69, 9.17) is 0 Å². The van der Waals surface area contributed by atoms with Gasteiger partial charge in [-0.3, -0.25) is 0 Å². The lowest BCUT2D eigenvalue weighted by Crippen LogP contribution is -2.42. The molecule has 1 N–H and O–H groups in total. The molecule has 0 radical (unpaired) electrons. The first-order chi connectivity index (χ1) is 8.68. The van der Waals surface area contributed by atoms with Gasteiger partial charge in [-0.1, -0.05) is 32.0 Å². The van der Waals surface area contributed by atoms with Crippen LogP contribution in [0.1, 0.15) is 45.1 Å². The first-order valence-corrected chi connectivity index (χ1v) is 7.24. The van der Waals surface area contributed by atoms with Crippen molar-refractivity contribution in [1.29, 1.82) is 0 Å². The van der Waals surface area contributed by atoms with Crippen molar-refractivity contribution in [3.05, 3.63) is 29.8 Å². The second kappa shape index (κ2) is 5.75. The summed E-state index contributed by atoms with van der Waals surface area (Å²) in [5.74, 6) is 0. The predicted molar refractivity (Wildman–Crippen MR) is 77.1 cm³/mol. The largest absolute Gasteiger partial charge is 0.388 e. The Kier molecular flexibility index (Phi) is 4.28. The molecular weight excluding hydrogens is 222 g/mol. The van der Waals surface area contributed by atoms with Gasteiger partial charge >= 0.3 is 0 Å². The highest BCUT2D eigenvalue weighted by Gasteiger charge is 2.27. The zero-order chi connectivity index (χ0) is 13.0. The average molecular weight is 247 g/mol. The number of rotatable bonds is 4. The molecule has 0 fully saturated rings. The monoisotopic (exact) mass is 247 g/mol. The molecule has 2 nitrogen and oxygen atoms in total. The van der Waals surface area contributed by atoms with Crippen molar-refractivity contribution in [3.63, 3.8) is 0 Å². The Bertz CT molecular complexity index is 384. The Morgan fingerprint density at radius 3 is 2.61 bits per heavy atom. The lowest BCUT2D eigenvalue weighted by molar-refractivity contribution is 0.0393. The van der Waals surface area contributed by atoms with E-state index in [9.17, 15) is 5.11 Å². The normalized spacial score (nSPS) is 16.3. The lowest BCUT2D eigenvalue weighted by Gasteiger charge is -2.34. The van der Waals surface area contributed by atoms with Crippen molar-refractivity contribution in [2.45, 2.75) is 51.6 Å². The number of anilines is 1. The standard InChI is InChI=1S/C16H25NO/c1-3-16(18,4-2)13-17-12-8-7-10-14-9-5-6-11-15(14)17/h5-6,9,11,18H,3-4,7-8,10,12-13H2,1-2H3. The summed E-state index contributed by atoms with van der Waals surface area (Å²) in [6.45, 7) is 5.98. The fourth-order valence-corrected chi connectivity index (χ4v) is 2.76. The van der Waals surface area contributed by atoms with Gasteiger partial charge in [-0.2, -0.15) is 0 Å². The van der Waals surface area contributed by atoms with E-state index in [1.807, 2.05) is 0 Å². The van der Waals surface area contributed by atoms with Crippen molar-refractivity contribution < 1.29 is 5.11 Å². The first kappa shape index (κ1) is 13.4. The lowest BCUT2D eigenvalue weighted by atomic mass is 9.96. The Morgan fingerprint density at radius 1 is 1.17 bits per heavy atom. The Labute approximate surface area is 111 Å². The van der Waals surface area contributed by atoms with Crippen LogP contribution in [0.2, 0.25) is 0 Å². The van der Waals surface area contributed by atoms with Gasteiger partial charge in [-0.25, -0.2) is 0 Å². The number of hydrogen-bond donors (Lipinski definition) is 1. The summed E-state index contributed by atoms with van der Waals surface area (Å²) in [7, 11) is 0. The molecule has 0 amide bonds. The van der Waals surface area contributed by atoms with Crippen molar-refractivity contribution in [3.8, 4) is 0 Å². The van der Waals surface area contributed by atoms with Gasteiger partial charge in [0.05, 0.1) is 5.60 Å². The Hall–Kier alpha value is -1.02. The van der Waals surface area contributed by atoms with Gasteiger partial charge in [0, 0.05) is 18.8 Å². The van der Waals surface area contributed by atoms with E-state index >= 15 is 0 Å². The smallest absolute Gasteiger partial charge is 0.0816 e. The van der Waals surface area contributed by atoms with E-state index in [1.165, 1.54) is 30.5 Å². The summed E-state index contributed by atoms with van der Waals surface area (Å²) in [4.78, 5) is 2.38. The van der Waals surface area contributed by atoms with Crippen LogP contribution in [-0.4, -0.2) is 23.8 Å². The zero-order valence-electron chi connectivity index (χ0n) is 11.7. The van der Waals surface area contributed by atoms with Crippen LogP contribution < -0.4 is 4.90 Å². The number of hydrogen-bond acceptors (Lipinski definition) is 2. The number of benzene rings is 1. The third-order valence-corrected chi connectivity index (χ3v) is 4.26. The molecular formula is C16H25NO. The van der Waals surface area contributed by atoms with Crippen molar-refractivity contribution in [1.82, 2.24) is 0 Å². The van der Waals surface area contributed by atoms with Crippen LogP contribution in [0.25, 0.3) is 0 Å². The molecule has 0 saturated heterocycles. The molecule has 1 aromatic carbocycles. The van der Waals surface area contributed by atoms with Crippen LogP contribution in [0.3, 0.4) is 0 Å². The molecule has 2 heteroatoms. The summed E-state index contributed by atoms with van der Waals surface area (Å²) < 4.78 is 0. The first-order valence-electron chi connectivity index (χ1n) is 7.24. The van der Waals surface area contributed by atoms with E-state index in [-0.39, 0.29) is 0 Å². The molecule has 1 heterocycles. The third-order valence-electron chi connectivity index (χ3n) is 4.26. The highest BCUT2D eigenvalue weighted by Crippen LogP contribution is 2.28. The van der Waals surface area contributed by atoms with E-state index in [1.54, 1.807) is 0 Å². The van der Waals surface area contributed by atoms with Gasteiger partial charge in [-0.15, -0.1) is 0 Å². The molecule has 1 aliphatic rings. The summed E-state index contributed by atoms with van der Waals surface area (Å²) >= 11 is 0. The highest BCUT2D eigenvalue weighted by molar-refractivity contribution is 5.54. The van der Waals surface area contributed by atoms with Gasteiger partial charge in [-0.05, 0) is 43.7 Å². The SMILES string of the molecule is CCC(O)(CC)CN1CCCCc2ccccc21. The van der Waals surface area contributed by atoms with Crippen LogP contribution >= 0.6 is 0 Å². The predicted octanol–water partition coefficient (Wildman–Crippen LogP) is 3.38. The second-order valence-electron chi connectivity index (χ2n) is 5.44. The maximum Gasteiger partial charge on any atom is 0.0816 e. The molecule has 0 atom stereocenters. The molecule has 1 aromatic rings. The molecule has 2 rings (SSSR count). The van der Waals surface area contributed by atoms with E-state index in [2.05, 4.69) is 43.0 Å². The van der Waals surface area contributed by atoms with Crippen molar-refractivity contribution in [2.24, 2.45) is 0 Å². The van der Waals surface area contributed by atoms with Crippen LogP contribution in [-0.2, 0) is 6.42 Å². The van der Waals surface area contributed by atoms with Gasteiger partial charge < -0.3 is 10.0 Å². The topological polar surface area (TPSA) is 23.5 Å². The molecule has 0 saturated carbocycles. The van der Waals surface area contributed by atoms with Gasteiger partial charge in [0.25, 0.3) is 0 Å². The molecule has 18 heavy (non-hydrogen) atoms. The fraction of sp³-hybridized carbons (Fsp3) is 0.625. The zero-order valence-corrected chi connectivity index (χ0v) is 11.7. The molecule has 0 bridgehead atoms. The minimum Gasteiger partial charge on any atom is -0.388 e. The number of aliphatic hydroxyl groups is 1.